The lowest BCUT2D eigenvalue weighted by molar-refractivity contribution is -0.0153. The van der Waals surface area contributed by atoms with Gasteiger partial charge in [-0.1, -0.05) is 6.42 Å². The van der Waals surface area contributed by atoms with Crippen LogP contribution in [0, 0.1) is 5.82 Å². The van der Waals surface area contributed by atoms with Crippen molar-refractivity contribution in [2.75, 3.05) is 19.7 Å². The van der Waals surface area contributed by atoms with Gasteiger partial charge in [0.25, 0.3) is 5.91 Å². The van der Waals surface area contributed by atoms with E-state index in [1.54, 1.807) is 35.5 Å². The molecule has 0 saturated carbocycles. The van der Waals surface area contributed by atoms with Gasteiger partial charge in [0.1, 0.15) is 24.3 Å². The minimum absolute atomic E-state index is 0.0991. The van der Waals surface area contributed by atoms with Crippen LogP contribution in [0.5, 0.6) is 5.75 Å². The van der Waals surface area contributed by atoms with Gasteiger partial charge in [0.05, 0.1) is 6.10 Å². The Hall–Kier alpha value is -2.51. The summed E-state index contributed by atoms with van der Waals surface area (Å²) in [6.45, 7) is 0.787. The first-order valence-corrected chi connectivity index (χ1v) is 10.0. The highest BCUT2D eigenvalue weighted by Gasteiger charge is 2.22. The molecule has 0 spiro atoms. The number of carbonyl (C=O) groups excluding carboxylic acids is 1. The van der Waals surface area contributed by atoms with E-state index in [0.717, 1.165) is 24.8 Å². The first-order valence-electron chi connectivity index (χ1n) is 10.0. The average Bonchev–Trinajstić information content (AvgIpc) is 2.74. The second kappa shape index (κ2) is 10.3. The van der Waals surface area contributed by atoms with Crippen molar-refractivity contribution in [2.24, 2.45) is 0 Å². The number of nitrogens with zero attached hydrogens (tertiary/aromatic N) is 2. The Kier molecular flexibility index (Phi) is 7.55. The number of halogens is 1. The highest BCUT2D eigenvalue weighted by molar-refractivity contribution is 5.94. The number of ether oxygens (including phenoxy) is 1. The van der Waals surface area contributed by atoms with Gasteiger partial charge in [-0.15, -0.1) is 0 Å². The summed E-state index contributed by atoms with van der Waals surface area (Å²) in [5, 5.41) is 20.6. The number of aromatic nitrogens is 1. The molecule has 6 nitrogen and oxygen atoms in total. The normalized spacial score (nSPS) is 21.6. The van der Waals surface area contributed by atoms with Crippen LogP contribution < -0.4 is 4.74 Å². The van der Waals surface area contributed by atoms with E-state index in [9.17, 15) is 19.4 Å². The molecule has 2 heterocycles. The maximum absolute atomic E-state index is 13.6. The van der Waals surface area contributed by atoms with Crippen molar-refractivity contribution in [3.63, 3.8) is 0 Å². The molecule has 1 aromatic carbocycles. The summed E-state index contributed by atoms with van der Waals surface area (Å²) in [5.41, 5.74) is 1.29. The Bertz CT molecular complexity index is 803. The summed E-state index contributed by atoms with van der Waals surface area (Å²) in [6, 6.07) is 7.66. The van der Waals surface area contributed by atoms with Gasteiger partial charge in [0, 0.05) is 31.0 Å². The molecular weight excluding hydrogens is 375 g/mol. The molecule has 3 rings (SSSR count). The molecule has 0 aliphatic carbocycles. The molecule has 7 heteroatoms. The first kappa shape index (κ1) is 21.2. The lowest BCUT2D eigenvalue weighted by atomic mass is 10.0. The van der Waals surface area contributed by atoms with E-state index in [-0.39, 0.29) is 24.8 Å². The fourth-order valence-corrected chi connectivity index (χ4v) is 3.44. The van der Waals surface area contributed by atoms with Crippen LogP contribution in [0.4, 0.5) is 4.39 Å². The smallest absolute Gasteiger partial charge is 0.253 e. The number of carbonyl (C=O) groups is 1. The molecule has 2 atom stereocenters. The van der Waals surface area contributed by atoms with E-state index in [1.165, 1.54) is 12.1 Å². The number of benzene rings is 1. The highest BCUT2D eigenvalue weighted by atomic mass is 19.1. The van der Waals surface area contributed by atoms with Gasteiger partial charge in [-0.25, -0.2) is 4.39 Å². The number of aryl methyl sites for hydroxylation is 1. The summed E-state index contributed by atoms with van der Waals surface area (Å²) in [7, 11) is 0. The lowest BCUT2D eigenvalue weighted by Gasteiger charge is -2.26. The minimum atomic E-state index is -1.10. The van der Waals surface area contributed by atoms with Gasteiger partial charge in [0.15, 0.2) is 0 Å². The molecule has 0 radical (unpaired) electrons. The van der Waals surface area contributed by atoms with E-state index in [4.69, 9.17) is 4.74 Å². The number of rotatable bonds is 1. The number of pyridine rings is 1. The number of aliphatic hydroxyl groups is 2. The number of fused-ring (bicyclic) bond motifs is 1. The molecule has 0 fully saturated rings. The van der Waals surface area contributed by atoms with Gasteiger partial charge in [-0.2, -0.15) is 0 Å². The summed E-state index contributed by atoms with van der Waals surface area (Å²) >= 11 is 0. The molecule has 0 unspecified atom stereocenters. The average molecular weight is 402 g/mol. The van der Waals surface area contributed by atoms with Gasteiger partial charge < -0.3 is 19.8 Å². The quantitative estimate of drug-likeness (QED) is 0.766. The predicted molar refractivity (Wildman–Crippen MR) is 106 cm³/mol. The molecule has 1 aromatic heterocycles. The Morgan fingerprint density at radius 2 is 1.86 bits per heavy atom. The van der Waals surface area contributed by atoms with Crippen LogP contribution in [0.1, 0.15) is 41.6 Å². The van der Waals surface area contributed by atoms with Gasteiger partial charge in [0.2, 0.25) is 0 Å². The van der Waals surface area contributed by atoms with Crippen molar-refractivity contribution in [1.29, 1.82) is 0 Å². The monoisotopic (exact) mass is 402 g/mol. The summed E-state index contributed by atoms with van der Waals surface area (Å²) < 4.78 is 19.3. The summed E-state index contributed by atoms with van der Waals surface area (Å²) in [4.78, 5) is 18.5. The standard InChI is InChI=1S/C22H27FN2O4/c23-18-5-6-21-17(14-18)4-2-1-3-12-25(13-9-19(26)20(27)15-29-21)22(28)16-7-10-24-11-8-16/h5-8,10-11,14,19-20,26-27H,1-4,9,12-13,15H2/t19-,20+/m0/s1. The van der Waals surface area contributed by atoms with E-state index in [0.29, 0.717) is 30.8 Å². The zero-order chi connectivity index (χ0) is 20.6. The SMILES string of the molecule is O=C(c1ccncc1)N1CCCCCc2cc(F)ccc2OC[C@@H](O)[C@@H](O)CC1. The van der Waals surface area contributed by atoms with Gasteiger partial charge in [-0.05, 0) is 61.6 Å². The molecule has 2 N–H and O–H groups in total. The van der Waals surface area contributed by atoms with Gasteiger partial charge >= 0.3 is 0 Å². The molecule has 1 amide bonds. The zero-order valence-electron chi connectivity index (χ0n) is 16.3. The molecule has 156 valence electrons. The number of hydrogen-bond acceptors (Lipinski definition) is 5. The fraction of sp³-hybridized carbons (Fsp3) is 0.455. The maximum atomic E-state index is 13.6. The van der Waals surface area contributed by atoms with E-state index < -0.39 is 12.2 Å². The van der Waals surface area contributed by atoms with Crippen LogP contribution in [-0.4, -0.2) is 57.9 Å². The first-order chi connectivity index (χ1) is 14.0. The topological polar surface area (TPSA) is 82.9 Å². The fourth-order valence-electron chi connectivity index (χ4n) is 3.44. The molecule has 29 heavy (non-hydrogen) atoms. The minimum Gasteiger partial charge on any atom is -0.491 e. The lowest BCUT2D eigenvalue weighted by Crippen LogP contribution is -2.38. The van der Waals surface area contributed by atoms with Gasteiger partial charge in [-0.3, -0.25) is 9.78 Å². The molecular formula is C22H27FN2O4. The van der Waals surface area contributed by atoms with E-state index in [1.807, 2.05) is 0 Å². The van der Waals surface area contributed by atoms with Crippen LogP contribution in [-0.2, 0) is 6.42 Å². The third-order valence-corrected chi connectivity index (χ3v) is 5.16. The van der Waals surface area contributed by atoms with E-state index >= 15 is 0 Å². The third-order valence-electron chi connectivity index (χ3n) is 5.16. The van der Waals surface area contributed by atoms with Crippen molar-refractivity contribution in [3.05, 3.63) is 59.7 Å². The molecule has 1 aliphatic rings. The Morgan fingerprint density at radius 1 is 1.07 bits per heavy atom. The Balaban J connectivity index is 1.72. The zero-order valence-corrected chi connectivity index (χ0v) is 16.3. The second-order valence-corrected chi connectivity index (χ2v) is 7.33. The molecule has 0 bridgehead atoms. The highest BCUT2D eigenvalue weighted by Crippen LogP contribution is 2.23. The van der Waals surface area contributed by atoms with Crippen LogP contribution in [0.15, 0.2) is 42.7 Å². The largest absolute Gasteiger partial charge is 0.491 e. The Labute approximate surface area is 170 Å². The molecule has 2 aromatic rings. The van der Waals surface area contributed by atoms with Crippen molar-refractivity contribution < 1.29 is 24.1 Å². The number of hydrogen-bond donors (Lipinski definition) is 2. The maximum Gasteiger partial charge on any atom is 0.253 e. The number of aliphatic hydroxyl groups excluding tert-OH is 2. The Morgan fingerprint density at radius 3 is 2.66 bits per heavy atom. The van der Waals surface area contributed by atoms with Crippen LogP contribution >= 0.6 is 0 Å². The van der Waals surface area contributed by atoms with Crippen molar-refractivity contribution in [3.8, 4) is 5.75 Å². The van der Waals surface area contributed by atoms with Crippen LogP contribution in [0.2, 0.25) is 0 Å². The third kappa shape index (κ3) is 5.98. The molecule has 1 aliphatic heterocycles. The molecule has 0 saturated heterocycles. The van der Waals surface area contributed by atoms with Crippen molar-refractivity contribution in [1.82, 2.24) is 9.88 Å². The predicted octanol–water partition coefficient (Wildman–Crippen LogP) is 2.58. The van der Waals surface area contributed by atoms with Crippen LogP contribution in [0.3, 0.4) is 0 Å². The van der Waals surface area contributed by atoms with Crippen molar-refractivity contribution >= 4 is 5.91 Å². The second-order valence-electron chi connectivity index (χ2n) is 7.33. The van der Waals surface area contributed by atoms with Crippen molar-refractivity contribution in [2.45, 2.75) is 44.3 Å². The number of amides is 1. The summed E-state index contributed by atoms with van der Waals surface area (Å²) in [5.74, 6) is 0.0808. The summed E-state index contributed by atoms with van der Waals surface area (Å²) in [6.07, 6.45) is 4.39. The van der Waals surface area contributed by atoms with Crippen LogP contribution in [0.25, 0.3) is 0 Å². The van der Waals surface area contributed by atoms with E-state index in [2.05, 4.69) is 4.98 Å².